The summed E-state index contributed by atoms with van der Waals surface area (Å²) < 4.78 is 13.3. The lowest BCUT2D eigenvalue weighted by molar-refractivity contribution is 0.0577. The highest BCUT2D eigenvalue weighted by Crippen LogP contribution is 2.38. The Morgan fingerprint density at radius 1 is 0.528 bits per heavy atom. The van der Waals surface area contributed by atoms with Gasteiger partial charge in [-0.1, -0.05) is 24.3 Å². The summed E-state index contributed by atoms with van der Waals surface area (Å²) in [7, 11) is 0. The minimum Gasteiger partial charge on any atom is -0.508 e. The molecule has 8 heteroatoms. The fraction of sp³-hybridized carbons (Fsp3) is 0.0714. The van der Waals surface area contributed by atoms with Crippen molar-refractivity contribution in [2.75, 3.05) is 0 Å². The fourth-order valence-electron chi connectivity index (χ4n) is 4.82. The van der Waals surface area contributed by atoms with Gasteiger partial charge < -0.3 is 5.11 Å². The van der Waals surface area contributed by atoms with Crippen molar-refractivity contribution in [2.45, 2.75) is 13.1 Å². The molecule has 36 heavy (non-hydrogen) atoms. The van der Waals surface area contributed by atoms with Crippen LogP contribution in [0.1, 0.15) is 52.6 Å². The summed E-state index contributed by atoms with van der Waals surface area (Å²) in [5, 5.41) is 10.1. The monoisotopic (exact) mass is 480 g/mol. The molecule has 0 aromatic heterocycles. The van der Waals surface area contributed by atoms with Gasteiger partial charge in [-0.3, -0.25) is 29.0 Å². The molecule has 0 unspecified atom stereocenters. The normalized spacial score (nSPS) is 14.7. The van der Waals surface area contributed by atoms with Gasteiger partial charge in [0.2, 0.25) is 0 Å². The predicted octanol–water partition coefficient (Wildman–Crippen LogP) is 4.28. The molecular formula is C28H17FN2O5. The van der Waals surface area contributed by atoms with Gasteiger partial charge in [0, 0.05) is 33.0 Å². The lowest BCUT2D eigenvalue weighted by Crippen LogP contribution is -2.42. The molecule has 6 rings (SSSR count). The Balaban J connectivity index is 1.42. The number of carbonyl (C=O) groups excluding carboxylic acids is 4. The van der Waals surface area contributed by atoms with E-state index in [0.717, 1.165) is 9.80 Å². The maximum Gasteiger partial charge on any atom is 0.261 e. The molecule has 4 aromatic carbocycles. The van der Waals surface area contributed by atoms with Crippen LogP contribution in [0.3, 0.4) is 0 Å². The molecule has 2 heterocycles. The summed E-state index contributed by atoms with van der Waals surface area (Å²) in [6, 6.07) is 17.7. The van der Waals surface area contributed by atoms with Gasteiger partial charge in [0.15, 0.2) is 0 Å². The van der Waals surface area contributed by atoms with E-state index in [1.807, 2.05) is 0 Å². The standard InChI is InChI=1S/C28H17FN2O5/c29-17-5-1-15(2-6-17)13-30-25(33)19-9-11-21-24-22(12-10-20(23(19)24)26(30)34)28(36)31(27(21)35)14-16-3-7-18(32)8-4-16/h1-12,32H,13-14H2. The zero-order valence-corrected chi connectivity index (χ0v) is 18.7. The van der Waals surface area contributed by atoms with Crippen LogP contribution in [0.25, 0.3) is 10.8 Å². The first-order valence-electron chi connectivity index (χ1n) is 11.2. The first-order valence-corrected chi connectivity index (χ1v) is 11.2. The lowest BCUT2D eigenvalue weighted by Gasteiger charge is -2.32. The van der Waals surface area contributed by atoms with Gasteiger partial charge in [-0.05, 0) is 59.7 Å². The predicted molar refractivity (Wildman–Crippen MR) is 127 cm³/mol. The average Bonchev–Trinajstić information content (AvgIpc) is 2.88. The van der Waals surface area contributed by atoms with Crippen LogP contribution in [0, 0.1) is 5.82 Å². The molecule has 0 fully saturated rings. The zero-order chi connectivity index (χ0) is 25.1. The highest BCUT2D eigenvalue weighted by molar-refractivity contribution is 6.33. The molecule has 2 aliphatic heterocycles. The lowest BCUT2D eigenvalue weighted by atomic mass is 9.85. The first-order chi connectivity index (χ1) is 17.3. The molecule has 176 valence electrons. The van der Waals surface area contributed by atoms with E-state index >= 15 is 0 Å². The van der Waals surface area contributed by atoms with Crippen molar-refractivity contribution in [3.8, 4) is 5.75 Å². The molecule has 4 aromatic rings. The summed E-state index contributed by atoms with van der Waals surface area (Å²) in [5.74, 6) is -2.51. The Hall–Kier alpha value is -4.85. The molecule has 0 radical (unpaired) electrons. The molecule has 0 saturated carbocycles. The molecule has 0 saturated heterocycles. The number of halogens is 1. The number of carbonyl (C=O) groups is 4. The van der Waals surface area contributed by atoms with E-state index in [9.17, 15) is 28.7 Å². The van der Waals surface area contributed by atoms with Crippen molar-refractivity contribution in [3.05, 3.63) is 112 Å². The highest BCUT2D eigenvalue weighted by Gasteiger charge is 2.39. The minimum atomic E-state index is -0.549. The number of benzene rings is 4. The van der Waals surface area contributed by atoms with Crippen molar-refractivity contribution in [1.82, 2.24) is 9.80 Å². The number of nitrogens with zero attached hydrogens (tertiary/aromatic N) is 2. The summed E-state index contributed by atoms with van der Waals surface area (Å²) in [6.45, 7) is -0.0354. The van der Waals surface area contributed by atoms with Crippen LogP contribution in [0.5, 0.6) is 5.75 Å². The molecule has 4 amide bonds. The summed E-state index contributed by atoms with van der Waals surface area (Å²) in [4.78, 5) is 55.6. The van der Waals surface area contributed by atoms with Gasteiger partial charge in [-0.2, -0.15) is 0 Å². The third kappa shape index (κ3) is 3.19. The average molecular weight is 480 g/mol. The molecule has 0 aliphatic carbocycles. The first kappa shape index (κ1) is 21.7. The van der Waals surface area contributed by atoms with Gasteiger partial charge in [0.25, 0.3) is 23.6 Å². The number of rotatable bonds is 4. The molecule has 7 nitrogen and oxygen atoms in total. The SMILES string of the molecule is O=C1c2ccc3c4c(ccc(c24)C(=O)N1Cc1ccc(O)cc1)C(=O)N(Cc1ccc(F)cc1)C3=O. The molecule has 1 N–H and O–H groups in total. The van der Waals surface area contributed by atoms with E-state index < -0.39 is 29.4 Å². The zero-order valence-electron chi connectivity index (χ0n) is 18.7. The minimum absolute atomic E-state index is 0.00565. The van der Waals surface area contributed by atoms with E-state index in [2.05, 4.69) is 0 Å². The number of phenolic OH excluding ortho intramolecular Hbond substituents is 1. The maximum absolute atomic E-state index is 13.4. The molecule has 0 atom stereocenters. The van der Waals surface area contributed by atoms with Gasteiger partial charge >= 0.3 is 0 Å². The second kappa shape index (κ2) is 7.84. The smallest absolute Gasteiger partial charge is 0.261 e. The Morgan fingerprint density at radius 3 is 1.22 bits per heavy atom. The van der Waals surface area contributed by atoms with Crippen LogP contribution in [0.15, 0.2) is 72.8 Å². The van der Waals surface area contributed by atoms with Crippen molar-refractivity contribution in [1.29, 1.82) is 0 Å². The number of hydrogen-bond acceptors (Lipinski definition) is 5. The van der Waals surface area contributed by atoms with Crippen LogP contribution < -0.4 is 0 Å². The van der Waals surface area contributed by atoms with Gasteiger partial charge in [-0.15, -0.1) is 0 Å². The summed E-state index contributed by atoms with van der Waals surface area (Å²) >= 11 is 0. The van der Waals surface area contributed by atoms with Crippen molar-refractivity contribution >= 4 is 34.4 Å². The van der Waals surface area contributed by atoms with Crippen molar-refractivity contribution in [2.24, 2.45) is 0 Å². The number of aromatic hydroxyl groups is 1. The van der Waals surface area contributed by atoms with Gasteiger partial charge in [-0.25, -0.2) is 4.39 Å². The van der Waals surface area contributed by atoms with E-state index in [-0.39, 0.29) is 41.1 Å². The van der Waals surface area contributed by atoms with E-state index in [0.29, 0.717) is 21.9 Å². The number of amides is 4. The van der Waals surface area contributed by atoms with E-state index in [1.165, 1.54) is 60.7 Å². The topological polar surface area (TPSA) is 95.0 Å². The number of hydrogen-bond donors (Lipinski definition) is 1. The quantitative estimate of drug-likeness (QED) is 0.440. The number of imide groups is 2. The summed E-state index contributed by atoms with van der Waals surface area (Å²) in [6.07, 6.45) is 0. The van der Waals surface area contributed by atoms with E-state index in [1.54, 1.807) is 12.1 Å². The van der Waals surface area contributed by atoms with Crippen molar-refractivity contribution in [3.63, 3.8) is 0 Å². The third-order valence-electron chi connectivity index (χ3n) is 6.59. The van der Waals surface area contributed by atoms with Crippen LogP contribution in [-0.4, -0.2) is 38.5 Å². The van der Waals surface area contributed by atoms with Crippen LogP contribution in [-0.2, 0) is 13.1 Å². The fourth-order valence-corrected chi connectivity index (χ4v) is 4.82. The number of phenols is 1. The largest absolute Gasteiger partial charge is 0.508 e. The van der Waals surface area contributed by atoms with Gasteiger partial charge in [0.1, 0.15) is 11.6 Å². The van der Waals surface area contributed by atoms with Gasteiger partial charge in [0.05, 0.1) is 13.1 Å². The molecule has 2 aliphatic rings. The second-order valence-corrected chi connectivity index (χ2v) is 8.76. The van der Waals surface area contributed by atoms with Crippen LogP contribution >= 0.6 is 0 Å². The molecule has 0 spiro atoms. The van der Waals surface area contributed by atoms with Crippen LogP contribution in [0.2, 0.25) is 0 Å². The Labute approximate surface area is 204 Å². The highest BCUT2D eigenvalue weighted by atomic mass is 19.1. The van der Waals surface area contributed by atoms with Crippen LogP contribution in [0.4, 0.5) is 4.39 Å². The van der Waals surface area contributed by atoms with E-state index in [4.69, 9.17) is 0 Å². The third-order valence-corrected chi connectivity index (χ3v) is 6.59. The Kier molecular flexibility index (Phi) is 4.72. The molecular weight excluding hydrogens is 463 g/mol. The summed E-state index contributed by atoms with van der Waals surface area (Å²) in [5.41, 5.74) is 2.15. The maximum atomic E-state index is 13.4. The Bertz CT molecular complexity index is 1430. The Morgan fingerprint density at radius 2 is 0.861 bits per heavy atom. The molecule has 0 bridgehead atoms. The second-order valence-electron chi connectivity index (χ2n) is 8.76. The van der Waals surface area contributed by atoms with Crippen molar-refractivity contribution < 1.29 is 28.7 Å².